The fourth-order valence-electron chi connectivity index (χ4n) is 2.49. The zero-order chi connectivity index (χ0) is 18.5. The molecule has 0 aliphatic rings. The van der Waals surface area contributed by atoms with Crippen LogP contribution >= 0.6 is 0 Å². The van der Waals surface area contributed by atoms with E-state index in [2.05, 4.69) is 15.4 Å². The number of hydrogen-bond donors (Lipinski definition) is 2. The van der Waals surface area contributed by atoms with Crippen LogP contribution in [0.4, 0.5) is 11.4 Å². The summed E-state index contributed by atoms with van der Waals surface area (Å²) >= 11 is 0. The molecule has 9 heteroatoms. The Balaban J connectivity index is 1.72. The van der Waals surface area contributed by atoms with Gasteiger partial charge in [-0.05, 0) is 23.3 Å². The van der Waals surface area contributed by atoms with Crippen LogP contribution in [0.5, 0.6) is 0 Å². The van der Waals surface area contributed by atoms with Crippen LogP contribution in [-0.2, 0) is 13.1 Å². The second-order valence-electron chi connectivity index (χ2n) is 5.58. The van der Waals surface area contributed by atoms with Gasteiger partial charge in [0.15, 0.2) is 0 Å². The maximum Gasteiger partial charge on any atom is 0.292 e. The van der Waals surface area contributed by atoms with Crippen molar-refractivity contribution >= 4 is 17.3 Å². The minimum atomic E-state index is -0.612. The molecule has 0 fully saturated rings. The van der Waals surface area contributed by atoms with E-state index in [1.54, 1.807) is 11.0 Å². The monoisotopic (exact) mass is 352 g/mol. The molecule has 9 nitrogen and oxygen atoms in total. The molecular formula is C17H16N6O3. The molecule has 3 N–H and O–H groups in total. The van der Waals surface area contributed by atoms with Gasteiger partial charge in [0.25, 0.3) is 11.6 Å². The topological polar surface area (TPSA) is 129 Å². The van der Waals surface area contributed by atoms with Gasteiger partial charge in [-0.15, -0.1) is 0 Å². The summed E-state index contributed by atoms with van der Waals surface area (Å²) in [5.74, 6) is -0.413. The number of benzene rings is 2. The van der Waals surface area contributed by atoms with E-state index in [9.17, 15) is 14.9 Å². The number of anilines is 1. The number of hydrogen-bond acceptors (Lipinski definition) is 6. The number of carbonyl (C=O) groups excluding carboxylic acids is 1. The number of carbonyl (C=O) groups is 1. The lowest BCUT2D eigenvalue weighted by atomic mass is 10.1. The number of nitrogen functional groups attached to an aromatic ring is 1. The maximum atomic E-state index is 12.3. The largest absolute Gasteiger partial charge is 0.393 e. The highest BCUT2D eigenvalue weighted by Crippen LogP contribution is 2.22. The number of nitrogens with two attached hydrogens (primary N) is 1. The quantitative estimate of drug-likeness (QED) is 0.395. The molecular weight excluding hydrogens is 336 g/mol. The van der Waals surface area contributed by atoms with E-state index in [1.807, 2.05) is 24.3 Å². The molecule has 0 unspecified atom stereocenters. The maximum absolute atomic E-state index is 12.3. The van der Waals surface area contributed by atoms with Gasteiger partial charge < -0.3 is 11.1 Å². The number of nitrogens with one attached hydrogen (secondary N) is 1. The van der Waals surface area contributed by atoms with E-state index in [1.165, 1.54) is 24.5 Å². The fraction of sp³-hybridized carbons (Fsp3) is 0.118. The molecule has 0 radical (unpaired) electrons. The fourth-order valence-corrected chi connectivity index (χ4v) is 2.49. The molecule has 0 spiro atoms. The highest BCUT2D eigenvalue weighted by molar-refractivity contribution is 5.95. The molecule has 0 saturated carbocycles. The van der Waals surface area contributed by atoms with Crippen molar-refractivity contribution in [2.75, 3.05) is 5.73 Å². The van der Waals surface area contributed by atoms with Crippen molar-refractivity contribution in [1.29, 1.82) is 0 Å². The molecule has 132 valence electrons. The minimum Gasteiger partial charge on any atom is -0.393 e. The lowest BCUT2D eigenvalue weighted by Gasteiger charge is -2.11. The predicted octanol–water partition coefficient (Wildman–Crippen LogP) is 1.75. The molecule has 1 aromatic heterocycles. The van der Waals surface area contributed by atoms with Crippen molar-refractivity contribution in [2.24, 2.45) is 0 Å². The number of rotatable bonds is 6. The van der Waals surface area contributed by atoms with Crippen LogP contribution < -0.4 is 11.1 Å². The molecule has 0 atom stereocenters. The van der Waals surface area contributed by atoms with E-state index in [4.69, 9.17) is 5.73 Å². The van der Waals surface area contributed by atoms with Gasteiger partial charge >= 0.3 is 0 Å². The molecule has 3 rings (SSSR count). The lowest BCUT2D eigenvalue weighted by molar-refractivity contribution is -0.383. The third-order valence-electron chi connectivity index (χ3n) is 3.85. The Kier molecular flexibility index (Phi) is 4.88. The lowest BCUT2D eigenvalue weighted by Crippen LogP contribution is -2.23. The van der Waals surface area contributed by atoms with Gasteiger partial charge in [0.1, 0.15) is 18.3 Å². The van der Waals surface area contributed by atoms with Gasteiger partial charge in [-0.1, -0.05) is 24.3 Å². The number of nitro benzene ring substituents is 1. The second kappa shape index (κ2) is 7.43. The third-order valence-corrected chi connectivity index (χ3v) is 3.85. The number of nitro groups is 1. The van der Waals surface area contributed by atoms with E-state index in [-0.39, 0.29) is 23.5 Å². The van der Waals surface area contributed by atoms with Gasteiger partial charge in [-0.3, -0.25) is 14.9 Å². The first-order valence-corrected chi connectivity index (χ1v) is 7.76. The minimum absolute atomic E-state index is 0.0183. The zero-order valence-electron chi connectivity index (χ0n) is 13.7. The summed E-state index contributed by atoms with van der Waals surface area (Å²) in [6.45, 7) is 0.807. The Bertz CT molecular complexity index is 939. The summed E-state index contributed by atoms with van der Waals surface area (Å²) in [4.78, 5) is 26.6. The molecule has 0 aliphatic carbocycles. The average Bonchev–Trinajstić information content (AvgIpc) is 3.14. The van der Waals surface area contributed by atoms with E-state index < -0.39 is 10.8 Å². The number of amides is 1. The van der Waals surface area contributed by atoms with Crippen LogP contribution in [0.2, 0.25) is 0 Å². The molecule has 0 saturated heterocycles. The Morgan fingerprint density at radius 3 is 2.69 bits per heavy atom. The van der Waals surface area contributed by atoms with Crippen molar-refractivity contribution < 1.29 is 9.72 Å². The van der Waals surface area contributed by atoms with Crippen molar-refractivity contribution in [3.63, 3.8) is 0 Å². The van der Waals surface area contributed by atoms with Gasteiger partial charge in [-0.25, -0.2) is 9.67 Å². The first kappa shape index (κ1) is 17.1. The summed E-state index contributed by atoms with van der Waals surface area (Å²) < 4.78 is 1.68. The van der Waals surface area contributed by atoms with Crippen LogP contribution in [-0.4, -0.2) is 25.6 Å². The van der Waals surface area contributed by atoms with E-state index >= 15 is 0 Å². The SMILES string of the molecule is Nc1ccc(C(=O)NCc2ccccc2Cn2cncn2)cc1[N+](=O)[O-]. The molecule has 0 bridgehead atoms. The van der Waals surface area contributed by atoms with Crippen LogP contribution in [0.1, 0.15) is 21.5 Å². The first-order chi connectivity index (χ1) is 12.5. The summed E-state index contributed by atoms with van der Waals surface area (Å²) in [7, 11) is 0. The normalized spacial score (nSPS) is 10.5. The molecule has 1 amide bonds. The van der Waals surface area contributed by atoms with Crippen molar-refractivity contribution in [2.45, 2.75) is 13.1 Å². The average molecular weight is 352 g/mol. The van der Waals surface area contributed by atoms with Crippen LogP contribution in [0.3, 0.4) is 0 Å². The Morgan fingerprint density at radius 2 is 2.00 bits per heavy atom. The third kappa shape index (κ3) is 3.83. The van der Waals surface area contributed by atoms with E-state index in [0.717, 1.165) is 11.1 Å². The summed E-state index contributed by atoms with van der Waals surface area (Å²) in [5, 5.41) is 17.8. The standard InChI is InChI=1S/C17H16N6O3/c18-15-6-5-12(7-16(15)23(25)26)17(24)20-8-13-3-1-2-4-14(13)9-22-11-19-10-21-22/h1-7,10-11H,8-9,18H2,(H,20,24). The second-order valence-corrected chi connectivity index (χ2v) is 5.58. The zero-order valence-corrected chi connectivity index (χ0v) is 13.7. The Morgan fingerprint density at radius 1 is 1.23 bits per heavy atom. The molecule has 2 aromatic carbocycles. The van der Waals surface area contributed by atoms with Gasteiger partial charge in [0.05, 0.1) is 11.5 Å². The molecule has 1 heterocycles. The Hall–Kier alpha value is -3.75. The van der Waals surface area contributed by atoms with E-state index in [0.29, 0.717) is 6.54 Å². The Labute approximate surface area is 148 Å². The van der Waals surface area contributed by atoms with Crippen LogP contribution in [0.15, 0.2) is 55.1 Å². The van der Waals surface area contributed by atoms with Crippen molar-refractivity contribution in [3.8, 4) is 0 Å². The molecule has 26 heavy (non-hydrogen) atoms. The van der Waals surface area contributed by atoms with Gasteiger partial charge in [0, 0.05) is 18.2 Å². The summed E-state index contributed by atoms with van der Waals surface area (Å²) in [6.07, 6.45) is 3.07. The highest BCUT2D eigenvalue weighted by atomic mass is 16.6. The molecule has 3 aromatic rings. The van der Waals surface area contributed by atoms with Crippen molar-refractivity contribution in [1.82, 2.24) is 20.1 Å². The van der Waals surface area contributed by atoms with Crippen LogP contribution in [0.25, 0.3) is 0 Å². The van der Waals surface area contributed by atoms with Gasteiger partial charge in [-0.2, -0.15) is 5.10 Å². The smallest absolute Gasteiger partial charge is 0.292 e. The predicted molar refractivity (Wildman–Crippen MR) is 94.2 cm³/mol. The summed E-state index contributed by atoms with van der Waals surface area (Å²) in [5.41, 5.74) is 7.37. The van der Waals surface area contributed by atoms with Crippen LogP contribution in [0, 0.1) is 10.1 Å². The number of aromatic nitrogens is 3. The van der Waals surface area contributed by atoms with Crippen molar-refractivity contribution in [3.05, 3.63) is 81.9 Å². The highest BCUT2D eigenvalue weighted by Gasteiger charge is 2.15. The first-order valence-electron chi connectivity index (χ1n) is 7.76. The number of nitrogens with zero attached hydrogens (tertiary/aromatic N) is 4. The van der Waals surface area contributed by atoms with Gasteiger partial charge in [0.2, 0.25) is 0 Å². The summed E-state index contributed by atoms with van der Waals surface area (Å²) in [6, 6.07) is 11.6. The molecule has 0 aliphatic heterocycles.